The molecule has 19 heavy (non-hydrogen) atoms. The topological polar surface area (TPSA) is 98.8 Å². The first kappa shape index (κ1) is 12.2. The maximum atomic E-state index is 10.4. The highest BCUT2D eigenvalue weighted by molar-refractivity contribution is 5.86. The predicted octanol–water partition coefficient (Wildman–Crippen LogP) is 1.11. The molecule has 4 N–H and O–H groups in total. The molecule has 1 fully saturated rings. The first-order valence-corrected chi connectivity index (χ1v) is 6.55. The molecule has 0 spiro atoms. The highest BCUT2D eigenvalue weighted by Crippen LogP contribution is 2.30. The lowest BCUT2D eigenvalue weighted by molar-refractivity contribution is 0.0614. The summed E-state index contributed by atoms with van der Waals surface area (Å²) in [6.07, 6.45) is 5.56. The smallest absolute Gasteiger partial charge is 0.226 e. The van der Waals surface area contributed by atoms with Crippen LogP contribution >= 0.6 is 0 Å². The van der Waals surface area contributed by atoms with Crippen LogP contribution in [0.4, 0.5) is 11.8 Å². The molecule has 0 radical (unpaired) electrons. The van der Waals surface area contributed by atoms with Gasteiger partial charge in [0.2, 0.25) is 5.95 Å². The third kappa shape index (κ3) is 2.33. The highest BCUT2D eigenvalue weighted by atomic mass is 16.3. The average Bonchev–Trinajstić information content (AvgIpc) is 3.04. The molecule has 0 saturated heterocycles. The average molecular weight is 262 g/mol. The van der Waals surface area contributed by atoms with Crippen molar-refractivity contribution in [3.05, 3.63) is 6.20 Å². The van der Waals surface area contributed by atoms with E-state index in [1.807, 2.05) is 0 Å². The van der Waals surface area contributed by atoms with Gasteiger partial charge in [-0.2, -0.15) is 15.1 Å². The largest absolute Gasteiger partial charge is 0.388 e. The Labute approximate surface area is 110 Å². The summed E-state index contributed by atoms with van der Waals surface area (Å²) in [6.45, 7) is 0.507. The summed E-state index contributed by atoms with van der Waals surface area (Å²) in [6, 6.07) is 0. The predicted molar refractivity (Wildman–Crippen MR) is 73.1 cm³/mol. The fraction of sp³-hybridized carbons (Fsp3) is 0.583. The molecule has 0 aliphatic heterocycles. The van der Waals surface area contributed by atoms with Gasteiger partial charge in [-0.1, -0.05) is 12.8 Å². The molecule has 0 aromatic carbocycles. The zero-order valence-electron chi connectivity index (χ0n) is 10.9. The minimum atomic E-state index is -0.610. The number of nitrogens with one attached hydrogen (secondary N) is 3. The van der Waals surface area contributed by atoms with E-state index < -0.39 is 5.60 Å². The Morgan fingerprint density at radius 1 is 1.37 bits per heavy atom. The van der Waals surface area contributed by atoms with Crippen molar-refractivity contribution >= 4 is 22.8 Å². The summed E-state index contributed by atoms with van der Waals surface area (Å²) in [5.74, 6) is 1.22. The maximum Gasteiger partial charge on any atom is 0.226 e. The van der Waals surface area contributed by atoms with Gasteiger partial charge in [-0.05, 0) is 12.8 Å². The molecule has 2 heterocycles. The van der Waals surface area contributed by atoms with E-state index in [1.165, 1.54) is 0 Å². The molecule has 102 valence electrons. The molecule has 2 aromatic heterocycles. The standard InChI is InChI=1S/C12H18N6O/c1-13-11-16-9(8-6-15-18-10(8)17-11)14-7-12(19)4-2-3-5-12/h6,19H,2-5,7H2,1H3,(H3,13,14,15,16,17,18). The quantitative estimate of drug-likeness (QED) is 0.659. The lowest BCUT2D eigenvalue weighted by Gasteiger charge is -2.22. The Hall–Kier alpha value is -1.89. The summed E-state index contributed by atoms with van der Waals surface area (Å²) in [5.41, 5.74) is 0.0705. The van der Waals surface area contributed by atoms with Crippen molar-refractivity contribution in [2.75, 3.05) is 24.2 Å². The molecule has 0 amide bonds. The molecule has 7 heteroatoms. The van der Waals surface area contributed by atoms with Gasteiger partial charge in [0, 0.05) is 13.6 Å². The van der Waals surface area contributed by atoms with Gasteiger partial charge in [-0.3, -0.25) is 5.10 Å². The molecular formula is C12H18N6O. The Kier molecular flexibility index (Phi) is 2.98. The van der Waals surface area contributed by atoms with Gasteiger partial charge >= 0.3 is 0 Å². The SMILES string of the molecule is CNc1nc(NCC2(O)CCCC2)c2cn[nH]c2n1. The number of H-pyrrole nitrogens is 1. The summed E-state index contributed by atoms with van der Waals surface area (Å²) in [5, 5.41) is 24.1. The number of rotatable bonds is 4. The van der Waals surface area contributed by atoms with Crippen molar-refractivity contribution in [2.24, 2.45) is 0 Å². The van der Waals surface area contributed by atoms with E-state index in [9.17, 15) is 5.11 Å². The number of aliphatic hydroxyl groups is 1. The van der Waals surface area contributed by atoms with Gasteiger partial charge in [0.05, 0.1) is 17.2 Å². The van der Waals surface area contributed by atoms with Gasteiger partial charge in [0.15, 0.2) is 5.65 Å². The second-order valence-corrected chi connectivity index (χ2v) is 5.06. The Bertz CT molecular complexity index is 575. The van der Waals surface area contributed by atoms with Gasteiger partial charge in [0.1, 0.15) is 5.82 Å². The fourth-order valence-corrected chi connectivity index (χ4v) is 2.54. The van der Waals surface area contributed by atoms with Gasteiger partial charge in [0.25, 0.3) is 0 Å². The first-order chi connectivity index (χ1) is 9.20. The van der Waals surface area contributed by atoms with E-state index in [4.69, 9.17) is 0 Å². The molecule has 3 rings (SSSR count). The highest BCUT2D eigenvalue weighted by Gasteiger charge is 2.31. The first-order valence-electron chi connectivity index (χ1n) is 6.55. The maximum absolute atomic E-state index is 10.4. The molecule has 0 atom stereocenters. The molecule has 7 nitrogen and oxygen atoms in total. The van der Waals surface area contributed by atoms with Crippen LogP contribution in [0.2, 0.25) is 0 Å². The number of nitrogens with zero attached hydrogens (tertiary/aromatic N) is 3. The third-order valence-electron chi connectivity index (χ3n) is 3.65. The minimum absolute atomic E-state index is 0.507. The Balaban J connectivity index is 1.85. The third-order valence-corrected chi connectivity index (χ3v) is 3.65. The van der Waals surface area contributed by atoms with Crippen LogP contribution in [0.1, 0.15) is 25.7 Å². The molecule has 0 unspecified atom stereocenters. The Morgan fingerprint density at radius 3 is 2.89 bits per heavy atom. The number of hydrogen-bond acceptors (Lipinski definition) is 6. The number of aromatic nitrogens is 4. The van der Waals surface area contributed by atoms with Crippen LogP contribution in [0.15, 0.2) is 6.20 Å². The van der Waals surface area contributed by atoms with Crippen molar-refractivity contribution in [1.29, 1.82) is 0 Å². The van der Waals surface area contributed by atoms with E-state index in [0.29, 0.717) is 24.0 Å². The van der Waals surface area contributed by atoms with Crippen LogP contribution in [0, 0.1) is 0 Å². The van der Waals surface area contributed by atoms with Crippen LogP contribution in [-0.2, 0) is 0 Å². The fourth-order valence-electron chi connectivity index (χ4n) is 2.54. The van der Waals surface area contributed by atoms with E-state index in [2.05, 4.69) is 30.8 Å². The summed E-state index contributed by atoms with van der Waals surface area (Å²) in [7, 11) is 1.77. The molecule has 1 aliphatic carbocycles. The second kappa shape index (κ2) is 4.65. The number of anilines is 2. The van der Waals surface area contributed by atoms with Crippen molar-refractivity contribution in [2.45, 2.75) is 31.3 Å². The summed E-state index contributed by atoms with van der Waals surface area (Å²) >= 11 is 0. The van der Waals surface area contributed by atoms with Crippen LogP contribution < -0.4 is 10.6 Å². The molecule has 1 saturated carbocycles. The van der Waals surface area contributed by atoms with Crippen LogP contribution in [0.3, 0.4) is 0 Å². The summed E-state index contributed by atoms with van der Waals surface area (Å²) < 4.78 is 0. The zero-order chi connectivity index (χ0) is 13.3. The van der Waals surface area contributed by atoms with Crippen molar-refractivity contribution in [3.63, 3.8) is 0 Å². The monoisotopic (exact) mass is 262 g/mol. The summed E-state index contributed by atoms with van der Waals surface area (Å²) in [4.78, 5) is 8.65. The molecule has 1 aliphatic rings. The normalized spacial score (nSPS) is 17.8. The minimum Gasteiger partial charge on any atom is -0.388 e. The number of aromatic amines is 1. The molecular weight excluding hydrogens is 244 g/mol. The van der Waals surface area contributed by atoms with Gasteiger partial charge < -0.3 is 15.7 Å². The van der Waals surface area contributed by atoms with Crippen molar-refractivity contribution < 1.29 is 5.11 Å². The Morgan fingerprint density at radius 2 is 2.16 bits per heavy atom. The van der Waals surface area contributed by atoms with E-state index in [1.54, 1.807) is 13.2 Å². The van der Waals surface area contributed by atoms with Gasteiger partial charge in [-0.15, -0.1) is 0 Å². The lowest BCUT2D eigenvalue weighted by atomic mass is 10.0. The van der Waals surface area contributed by atoms with Crippen molar-refractivity contribution in [1.82, 2.24) is 20.2 Å². The number of hydrogen-bond donors (Lipinski definition) is 4. The van der Waals surface area contributed by atoms with Gasteiger partial charge in [-0.25, -0.2) is 0 Å². The molecule has 0 bridgehead atoms. The van der Waals surface area contributed by atoms with Crippen LogP contribution in [0.25, 0.3) is 11.0 Å². The van der Waals surface area contributed by atoms with Crippen LogP contribution in [0.5, 0.6) is 0 Å². The van der Waals surface area contributed by atoms with E-state index >= 15 is 0 Å². The van der Waals surface area contributed by atoms with Crippen molar-refractivity contribution in [3.8, 4) is 0 Å². The van der Waals surface area contributed by atoms with Crippen LogP contribution in [-0.4, -0.2) is 44.5 Å². The zero-order valence-corrected chi connectivity index (χ0v) is 10.9. The number of fused-ring (bicyclic) bond motifs is 1. The van der Waals surface area contributed by atoms with E-state index in [0.717, 1.165) is 31.1 Å². The molecule has 2 aromatic rings. The lowest BCUT2D eigenvalue weighted by Crippen LogP contribution is -2.33. The second-order valence-electron chi connectivity index (χ2n) is 5.06. The van der Waals surface area contributed by atoms with E-state index in [-0.39, 0.29) is 0 Å².